The van der Waals surface area contributed by atoms with Crippen LogP contribution < -0.4 is 0 Å². The number of pyridine rings is 1. The fourth-order valence-electron chi connectivity index (χ4n) is 6.34. The maximum atomic E-state index is 10.4. The highest BCUT2D eigenvalue weighted by Crippen LogP contribution is 2.57. The van der Waals surface area contributed by atoms with Gasteiger partial charge in [-0.15, -0.1) is 0 Å². The number of likely N-dealkylation sites (N-methyl/N-ethyl adjacent to an activating group) is 2. The highest BCUT2D eigenvalue weighted by atomic mass is 15.4. The van der Waals surface area contributed by atoms with E-state index in [1.165, 1.54) is 17.7 Å². The van der Waals surface area contributed by atoms with Crippen molar-refractivity contribution in [3.8, 4) is 6.07 Å². The van der Waals surface area contributed by atoms with Crippen molar-refractivity contribution in [1.29, 1.82) is 5.26 Å². The molecular weight excluding hydrogens is 434 g/mol. The summed E-state index contributed by atoms with van der Waals surface area (Å²) in [6.07, 6.45) is 10.8. The molecule has 5 rings (SSSR count). The minimum atomic E-state index is -0.146. The number of fused-ring (bicyclic) bond motifs is 4. The Morgan fingerprint density at radius 3 is 2.83 bits per heavy atom. The lowest BCUT2D eigenvalue weighted by atomic mass is 9.90. The summed E-state index contributed by atoms with van der Waals surface area (Å²) in [5.41, 5.74) is 4.06. The number of aromatic nitrogens is 3. The van der Waals surface area contributed by atoms with E-state index in [2.05, 4.69) is 78.4 Å². The Balaban J connectivity index is 1.50. The molecule has 0 spiro atoms. The predicted octanol–water partition coefficient (Wildman–Crippen LogP) is 4.02. The molecule has 0 N–H and O–H groups in total. The summed E-state index contributed by atoms with van der Waals surface area (Å²) in [5, 5.41) is 10.4. The van der Waals surface area contributed by atoms with Gasteiger partial charge in [0.05, 0.1) is 17.4 Å². The molecule has 1 fully saturated rings. The van der Waals surface area contributed by atoms with Crippen LogP contribution in [0.25, 0.3) is 6.08 Å². The van der Waals surface area contributed by atoms with Crippen LogP contribution in [-0.4, -0.2) is 69.0 Å². The van der Waals surface area contributed by atoms with Gasteiger partial charge in [-0.3, -0.25) is 19.4 Å². The van der Waals surface area contributed by atoms with Crippen molar-refractivity contribution in [2.75, 3.05) is 33.7 Å². The quantitative estimate of drug-likeness (QED) is 0.548. The maximum absolute atomic E-state index is 10.4. The maximum Gasteiger partial charge on any atom is 0.146 e. The summed E-state index contributed by atoms with van der Waals surface area (Å²) >= 11 is 0. The van der Waals surface area contributed by atoms with Gasteiger partial charge >= 0.3 is 0 Å². The van der Waals surface area contributed by atoms with E-state index in [-0.39, 0.29) is 11.7 Å². The molecule has 3 heterocycles. The third kappa shape index (κ3) is 4.12. The van der Waals surface area contributed by atoms with Crippen LogP contribution in [0.15, 0.2) is 24.4 Å². The summed E-state index contributed by atoms with van der Waals surface area (Å²) in [5.74, 6) is 1.38. The zero-order valence-corrected chi connectivity index (χ0v) is 21.9. The van der Waals surface area contributed by atoms with E-state index in [1.54, 1.807) is 0 Å². The van der Waals surface area contributed by atoms with Crippen LogP contribution in [-0.2, 0) is 18.6 Å². The summed E-state index contributed by atoms with van der Waals surface area (Å²) in [6, 6.07) is 7.43. The lowest BCUT2D eigenvalue weighted by molar-refractivity contribution is 0.0981. The Hall–Kier alpha value is -2.53. The predicted molar refractivity (Wildman–Crippen MR) is 138 cm³/mol. The first-order chi connectivity index (χ1) is 16.9. The van der Waals surface area contributed by atoms with Crippen molar-refractivity contribution in [3.63, 3.8) is 0 Å². The number of aryl methyl sites for hydroxylation is 1. The Morgan fingerprint density at radius 1 is 1.29 bits per heavy atom. The third-order valence-electron chi connectivity index (χ3n) is 8.21. The number of nitriles is 1. The second-order valence-corrected chi connectivity index (χ2v) is 10.9. The molecule has 7 nitrogen and oxygen atoms in total. The van der Waals surface area contributed by atoms with Gasteiger partial charge in [-0.05, 0) is 77.9 Å². The Kier molecular flexibility index (Phi) is 6.56. The zero-order chi connectivity index (χ0) is 24.7. The summed E-state index contributed by atoms with van der Waals surface area (Å²) in [6.45, 7) is 10.3. The van der Waals surface area contributed by atoms with Gasteiger partial charge in [0, 0.05) is 37.8 Å². The van der Waals surface area contributed by atoms with E-state index in [1.807, 2.05) is 12.3 Å². The molecule has 2 aliphatic carbocycles. The van der Waals surface area contributed by atoms with Crippen LogP contribution in [0.2, 0.25) is 0 Å². The smallest absolute Gasteiger partial charge is 0.146 e. The SMILES string of the molecule is CCN(CCN(C)C)C12CC1C=Cc1nc(CN(C(C)C)[C@H]3CCCc4cccnc43)c(C#N)n12. The highest BCUT2D eigenvalue weighted by molar-refractivity contribution is 5.53. The molecule has 0 saturated heterocycles. The molecule has 2 unspecified atom stereocenters. The molecule has 0 amide bonds. The molecule has 7 heteroatoms. The zero-order valence-electron chi connectivity index (χ0n) is 21.9. The average Bonchev–Trinajstić information content (AvgIpc) is 3.48. The summed E-state index contributed by atoms with van der Waals surface area (Å²) < 4.78 is 2.28. The number of rotatable bonds is 9. The Bertz CT molecular complexity index is 1140. The molecule has 186 valence electrons. The topological polar surface area (TPSA) is 64.2 Å². The van der Waals surface area contributed by atoms with Gasteiger partial charge in [-0.25, -0.2) is 4.98 Å². The van der Waals surface area contributed by atoms with Crippen LogP contribution in [0.1, 0.15) is 74.5 Å². The van der Waals surface area contributed by atoms with Gasteiger partial charge in [0.1, 0.15) is 23.3 Å². The summed E-state index contributed by atoms with van der Waals surface area (Å²) in [7, 11) is 4.24. The van der Waals surface area contributed by atoms with Crippen molar-refractivity contribution in [1.82, 2.24) is 29.2 Å². The fourth-order valence-corrected chi connectivity index (χ4v) is 6.34. The van der Waals surface area contributed by atoms with Gasteiger partial charge in [-0.2, -0.15) is 5.26 Å². The van der Waals surface area contributed by atoms with E-state index in [9.17, 15) is 5.26 Å². The first-order valence-corrected chi connectivity index (χ1v) is 13.2. The molecule has 1 aliphatic heterocycles. The second-order valence-electron chi connectivity index (χ2n) is 10.9. The molecular formula is C28H39N7. The largest absolute Gasteiger partial charge is 0.308 e. The van der Waals surface area contributed by atoms with Gasteiger partial charge in [0.2, 0.25) is 0 Å². The van der Waals surface area contributed by atoms with Crippen LogP contribution in [0, 0.1) is 17.2 Å². The summed E-state index contributed by atoms with van der Waals surface area (Å²) in [4.78, 5) is 17.2. The molecule has 0 radical (unpaired) electrons. The van der Waals surface area contributed by atoms with Gasteiger partial charge in [-0.1, -0.05) is 19.1 Å². The van der Waals surface area contributed by atoms with E-state index in [0.29, 0.717) is 18.5 Å². The number of hydrogen-bond acceptors (Lipinski definition) is 6. The molecule has 35 heavy (non-hydrogen) atoms. The first kappa shape index (κ1) is 24.2. The van der Waals surface area contributed by atoms with Crippen molar-refractivity contribution < 1.29 is 0 Å². The number of imidazole rings is 1. The fraction of sp³-hybridized carbons (Fsp3) is 0.607. The van der Waals surface area contributed by atoms with Gasteiger partial charge in [0.25, 0.3) is 0 Å². The van der Waals surface area contributed by atoms with E-state index < -0.39 is 0 Å². The van der Waals surface area contributed by atoms with E-state index in [4.69, 9.17) is 9.97 Å². The van der Waals surface area contributed by atoms with Crippen molar-refractivity contribution >= 4 is 6.08 Å². The van der Waals surface area contributed by atoms with Crippen molar-refractivity contribution in [2.24, 2.45) is 5.92 Å². The standard InChI is InChI=1S/C28H39N7/c1-6-33(16-15-32(4)5)28-17-22(28)12-13-26-31-23(25(18-29)35(26)28)19-34(20(2)3)24-11-7-9-21-10-8-14-30-27(21)24/h8,10,12-14,20,22,24H,6-7,9,11,15-17,19H2,1-5H3/t22?,24-,28?/m0/s1. The van der Waals surface area contributed by atoms with Crippen LogP contribution >= 0.6 is 0 Å². The molecule has 0 aromatic carbocycles. The van der Waals surface area contributed by atoms with Crippen LogP contribution in [0.3, 0.4) is 0 Å². The molecule has 2 aromatic heterocycles. The van der Waals surface area contributed by atoms with E-state index in [0.717, 1.165) is 56.1 Å². The lowest BCUT2D eigenvalue weighted by Crippen LogP contribution is -2.46. The van der Waals surface area contributed by atoms with Crippen LogP contribution in [0.4, 0.5) is 0 Å². The molecule has 3 atom stereocenters. The highest BCUT2D eigenvalue weighted by Gasteiger charge is 2.61. The average molecular weight is 474 g/mol. The second kappa shape index (κ2) is 9.50. The Labute approximate surface area is 210 Å². The first-order valence-electron chi connectivity index (χ1n) is 13.2. The minimum Gasteiger partial charge on any atom is -0.308 e. The lowest BCUT2D eigenvalue weighted by Gasteiger charge is -2.37. The molecule has 2 aromatic rings. The Morgan fingerprint density at radius 2 is 2.11 bits per heavy atom. The van der Waals surface area contributed by atoms with Crippen LogP contribution in [0.5, 0.6) is 0 Å². The normalized spacial score (nSPS) is 24.6. The van der Waals surface area contributed by atoms with Gasteiger partial charge in [0.15, 0.2) is 0 Å². The number of nitrogens with zero attached hydrogens (tertiary/aromatic N) is 7. The van der Waals surface area contributed by atoms with Gasteiger partial charge < -0.3 is 4.90 Å². The monoisotopic (exact) mass is 473 g/mol. The van der Waals surface area contributed by atoms with E-state index >= 15 is 0 Å². The van der Waals surface area contributed by atoms with Crippen molar-refractivity contribution in [2.45, 2.75) is 70.7 Å². The number of hydrogen-bond donors (Lipinski definition) is 0. The third-order valence-corrected chi connectivity index (χ3v) is 8.21. The molecule has 3 aliphatic rings. The molecule has 1 saturated carbocycles. The minimum absolute atomic E-state index is 0.146. The van der Waals surface area contributed by atoms with Crippen molar-refractivity contribution in [3.05, 3.63) is 52.9 Å². The molecule has 0 bridgehead atoms.